The van der Waals surface area contributed by atoms with Crippen molar-refractivity contribution in [2.24, 2.45) is 0 Å². The summed E-state index contributed by atoms with van der Waals surface area (Å²) in [4.78, 5) is 1.37. The summed E-state index contributed by atoms with van der Waals surface area (Å²) in [7, 11) is 0. The second-order valence-electron chi connectivity index (χ2n) is 6.11. The molecule has 21 heavy (non-hydrogen) atoms. The van der Waals surface area contributed by atoms with Gasteiger partial charge in [-0.05, 0) is 37.1 Å². The third-order valence-electron chi connectivity index (χ3n) is 4.44. The van der Waals surface area contributed by atoms with Gasteiger partial charge in [0, 0.05) is 22.6 Å². The van der Waals surface area contributed by atoms with Crippen LogP contribution in [0.4, 0.5) is 0 Å². The average Bonchev–Trinajstić information content (AvgIpc) is 2.53. The van der Waals surface area contributed by atoms with Gasteiger partial charge in [0.05, 0.1) is 6.10 Å². The van der Waals surface area contributed by atoms with Crippen LogP contribution in [0.25, 0.3) is 0 Å². The summed E-state index contributed by atoms with van der Waals surface area (Å²) in [5.41, 5.74) is 1.23. The van der Waals surface area contributed by atoms with Gasteiger partial charge in [0.2, 0.25) is 0 Å². The molecule has 0 amide bonds. The molecule has 2 rings (SSSR count). The van der Waals surface area contributed by atoms with Crippen molar-refractivity contribution < 1.29 is 5.11 Å². The zero-order valence-corrected chi connectivity index (χ0v) is 14.2. The summed E-state index contributed by atoms with van der Waals surface area (Å²) in [6, 6.07) is 8.83. The molecule has 1 aromatic rings. The molecule has 0 bridgehead atoms. The summed E-state index contributed by atoms with van der Waals surface area (Å²) in [5.74, 6) is 0.179. The van der Waals surface area contributed by atoms with Crippen molar-refractivity contribution in [2.45, 2.75) is 68.1 Å². The monoisotopic (exact) mass is 307 g/mol. The van der Waals surface area contributed by atoms with Crippen LogP contribution in [0.15, 0.2) is 29.2 Å². The molecule has 0 aliphatic heterocycles. The van der Waals surface area contributed by atoms with E-state index in [-0.39, 0.29) is 12.0 Å². The van der Waals surface area contributed by atoms with Crippen molar-refractivity contribution in [3.05, 3.63) is 29.8 Å². The van der Waals surface area contributed by atoms with Gasteiger partial charge in [0.1, 0.15) is 0 Å². The van der Waals surface area contributed by atoms with Crippen LogP contribution in [-0.4, -0.2) is 29.5 Å². The Morgan fingerprint density at radius 3 is 2.48 bits per heavy atom. The van der Waals surface area contributed by atoms with Gasteiger partial charge in [-0.25, -0.2) is 0 Å². The normalized spacial score (nSPS) is 19.4. The molecule has 0 radical (unpaired) electrons. The van der Waals surface area contributed by atoms with E-state index in [1.165, 1.54) is 42.6 Å². The molecule has 1 saturated carbocycles. The third-order valence-corrected chi connectivity index (χ3v) is 5.79. The lowest BCUT2D eigenvalue weighted by Crippen LogP contribution is -2.30. The van der Waals surface area contributed by atoms with Gasteiger partial charge < -0.3 is 10.4 Å². The molecule has 2 nitrogen and oxygen atoms in total. The van der Waals surface area contributed by atoms with Crippen LogP contribution in [0.1, 0.15) is 57.4 Å². The summed E-state index contributed by atoms with van der Waals surface area (Å²) >= 11 is 2.03. The highest BCUT2D eigenvalue weighted by molar-refractivity contribution is 8.00. The average molecular weight is 308 g/mol. The maximum atomic E-state index is 10.2. The fourth-order valence-electron chi connectivity index (χ4n) is 2.92. The molecule has 0 aromatic heterocycles. The summed E-state index contributed by atoms with van der Waals surface area (Å²) < 4.78 is 0. The van der Waals surface area contributed by atoms with Gasteiger partial charge in [-0.2, -0.15) is 0 Å². The van der Waals surface area contributed by atoms with Gasteiger partial charge in [-0.3, -0.25) is 0 Å². The Labute approximate surface area is 133 Å². The number of aliphatic hydroxyl groups excluding tert-OH is 1. The first-order chi connectivity index (χ1) is 10.2. The molecule has 0 saturated heterocycles. The van der Waals surface area contributed by atoms with E-state index < -0.39 is 0 Å². The lowest BCUT2D eigenvalue weighted by Gasteiger charge is -2.22. The van der Waals surface area contributed by atoms with E-state index in [4.69, 9.17) is 0 Å². The molecule has 3 heteroatoms. The topological polar surface area (TPSA) is 32.3 Å². The Balaban J connectivity index is 1.88. The Bertz CT molecular complexity index is 400. The van der Waals surface area contributed by atoms with Gasteiger partial charge in [-0.15, -0.1) is 11.8 Å². The number of hydrogen-bond acceptors (Lipinski definition) is 3. The van der Waals surface area contributed by atoms with E-state index in [0.29, 0.717) is 6.54 Å². The molecule has 2 unspecified atom stereocenters. The minimum absolute atomic E-state index is 0.179. The van der Waals surface area contributed by atoms with Crippen LogP contribution in [0.3, 0.4) is 0 Å². The molecule has 1 aromatic carbocycles. The number of likely N-dealkylation sites (N-methyl/N-ethyl adjacent to an activating group) is 1. The van der Waals surface area contributed by atoms with Crippen LogP contribution in [0.2, 0.25) is 0 Å². The first-order valence-corrected chi connectivity index (χ1v) is 9.24. The van der Waals surface area contributed by atoms with Crippen molar-refractivity contribution in [1.82, 2.24) is 5.32 Å². The van der Waals surface area contributed by atoms with E-state index in [0.717, 1.165) is 11.8 Å². The first-order valence-electron chi connectivity index (χ1n) is 8.36. The third kappa shape index (κ3) is 5.32. The number of hydrogen-bond donors (Lipinski definition) is 2. The standard InChI is InChI=1S/C18H29NOS/c1-3-19-13-18(20)14(2)15-9-11-17(12-10-15)21-16-7-5-4-6-8-16/h9-12,14,16,18-20H,3-8,13H2,1-2H3. The van der Waals surface area contributed by atoms with Crippen LogP contribution in [0, 0.1) is 0 Å². The minimum Gasteiger partial charge on any atom is -0.391 e. The van der Waals surface area contributed by atoms with Gasteiger partial charge in [-0.1, -0.05) is 45.2 Å². The number of thioether (sulfide) groups is 1. The van der Waals surface area contributed by atoms with Crippen molar-refractivity contribution in [2.75, 3.05) is 13.1 Å². The zero-order valence-electron chi connectivity index (χ0n) is 13.3. The Morgan fingerprint density at radius 2 is 1.86 bits per heavy atom. The summed E-state index contributed by atoms with van der Waals surface area (Å²) in [6.07, 6.45) is 6.61. The molecule has 2 N–H and O–H groups in total. The lowest BCUT2D eigenvalue weighted by atomic mass is 9.95. The Kier molecular flexibility index (Phi) is 7.08. The van der Waals surface area contributed by atoms with Crippen molar-refractivity contribution in [3.8, 4) is 0 Å². The smallest absolute Gasteiger partial charge is 0.0730 e. The van der Waals surface area contributed by atoms with Crippen LogP contribution in [0.5, 0.6) is 0 Å². The molecule has 0 heterocycles. The van der Waals surface area contributed by atoms with E-state index in [1.807, 2.05) is 11.8 Å². The van der Waals surface area contributed by atoms with E-state index in [1.54, 1.807) is 0 Å². The van der Waals surface area contributed by atoms with Gasteiger partial charge in [0.25, 0.3) is 0 Å². The summed E-state index contributed by atoms with van der Waals surface area (Å²) in [5, 5.41) is 14.2. The second-order valence-corrected chi connectivity index (χ2v) is 7.48. The molecule has 1 aliphatic carbocycles. The highest BCUT2D eigenvalue weighted by Crippen LogP contribution is 2.34. The van der Waals surface area contributed by atoms with E-state index >= 15 is 0 Å². The van der Waals surface area contributed by atoms with E-state index in [2.05, 4.69) is 43.4 Å². The van der Waals surface area contributed by atoms with Crippen molar-refractivity contribution in [1.29, 1.82) is 0 Å². The van der Waals surface area contributed by atoms with Crippen molar-refractivity contribution in [3.63, 3.8) is 0 Å². The fraction of sp³-hybridized carbons (Fsp3) is 0.667. The number of aliphatic hydroxyl groups is 1. The molecule has 118 valence electrons. The minimum atomic E-state index is -0.318. The van der Waals surface area contributed by atoms with Crippen LogP contribution >= 0.6 is 11.8 Å². The fourth-order valence-corrected chi connectivity index (χ4v) is 4.16. The predicted octanol–water partition coefficient (Wildman–Crippen LogP) is 4.19. The molecular weight excluding hydrogens is 278 g/mol. The molecule has 2 atom stereocenters. The lowest BCUT2D eigenvalue weighted by molar-refractivity contribution is 0.147. The molecule has 1 aliphatic rings. The largest absolute Gasteiger partial charge is 0.391 e. The molecule has 1 fully saturated rings. The quantitative estimate of drug-likeness (QED) is 0.792. The predicted molar refractivity (Wildman–Crippen MR) is 92.1 cm³/mol. The highest BCUT2D eigenvalue weighted by atomic mass is 32.2. The second kappa shape index (κ2) is 8.82. The van der Waals surface area contributed by atoms with E-state index in [9.17, 15) is 5.11 Å². The maximum absolute atomic E-state index is 10.2. The van der Waals surface area contributed by atoms with Crippen molar-refractivity contribution >= 4 is 11.8 Å². The molecule has 0 spiro atoms. The van der Waals surface area contributed by atoms with Crippen LogP contribution < -0.4 is 5.32 Å². The SMILES string of the molecule is CCNCC(O)C(C)c1ccc(SC2CCCCC2)cc1. The summed E-state index contributed by atoms with van der Waals surface area (Å²) in [6.45, 7) is 5.73. The zero-order chi connectivity index (χ0) is 15.1. The Hall–Kier alpha value is -0.510. The number of nitrogens with one attached hydrogen (secondary N) is 1. The number of benzene rings is 1. The highest BCUT2D eigenvalue weighted by Gasteiger charge is 2.17. The van der Waals surface area contributed by atoms with Crippen LogP contribution in [-0.2, 0) is 0 Å². The van der Waals surface area contributed by atoms with Gasteiger partial charge in [0.15, 0.2) is 0 Å². The Morgan fingerprint density at radius 1 is 1.19 bits per heavy atom. The molecular formula is C18H29NOS. The number of rotatable bonds is 7. The van der Waals surface area contributed by atoms with Gasteiger partial charge >= 0.3 is 0 Å². The first kappa shape index (κ1) is 16.9. The maximum Gasteiger partial charge on any atom is 0.0730 e.